The molecule has 0 heterocycles. The summed E-state index contributed by atoms with van der Waals surface area (Å²) in [5.41, 5.74) is 0. The van der Waals surface area contributed by atoms with Crippen molar-refractivity contribution in [2.45, 2.75) is 51.2 Å². The first-order valence-corrected chi connectivity index (χ1v) is 8.29. The Hall–Kier alpha value is 0.300. The third kappa shape index (κ3) is 10.8. The van der Waals surface area contributed by atoms with Crippen molar-refractivity contribution in [3.05, 3.63) is 0 Å². The average Bonchev–Trinajstić information content (AvgIpc) is 2.25. The number of rotatable bonds is 10. The highest BCUT2D eigenvalue weighted by Crippen LogP contribution is 2.18. The Morgan fingerprint density at radius 2 is 2.12 bits per heavy atom. The highest BCUT2D eigenvalue weighted by Gasteiger charge is 2.08. The third-order valence-electron chi connectivity index (χ3n) is 2.32. The lowest BCUT2D eigenvalue weighted by atomic mass is 10.2. The van der Waals surface area contributed by atoms with Crippen LogP contribution in [-0.2, 0) is 4.79 Å². The maximum Gasteiger partial charge on any atom is 0.216 e. The van der Waals surface area contributed by atoms with Crippen LogP contribution >= 0.6 is 27.7 Å². The van der Waals surface area contributed by atoms with Crippen LogP contribution in [0.25, 0.3) is 0 Å². The van der Waals surface area contributed by atoms with Crippen molar-refractivity contribution < 1.29 is 4.79 Å². The van der Waals surface area contributed by atoms with Gasteiger partial charge in [0, 0.05) is 24.0 Å². The standard InChI is InChI=1S/C12H24BrNOS/c1-3-7-12(10-14-11(2)15)16-9-6-4-5-8-13/h12H,3-10H2,1-2H3,(H,14,15). The molecular weight excluding hydrogens is 286 g/mol. The van der Waals surface area contributed by atoms with Gasteiger partial charge in [-0.05, 0) is 25.0 Å². The monoisotopic (exact) mass is 309 g/mol. The number of unbranched alkanes of at least 4 members (excludes halogenated alkanes) is 2. The second kappa shape index (κ2) is 11.8. The smallest absolute Gasteiger partial charge is 0.216 e. The first-order chi connectivity index (χ1) is 7.70. The molecule has 0 rings (SSSR count). The van der Waals surface area contributed by atoms with Crippen LogP contribution in [0.2, 0.25) is 0 Å². The zero-order valence-corrected chi connectivity index (χ0v) is 12.8. The van der Waals surface area contributed by atoms with E-state index in [1.54, 1.807) is 6.92 Å². The maximum atomic E-state index is 10.8. The zero-order chi connectivity index (χ0) is 12.2. The van der Waals surface area contributed by atoms with Crippen LogP contribution in [0.1, 0.15) is 46.0 Å². The molecule has 2 nitrogen and oxygen atoms in total. The van der Waals surface area contributed by atoms with Crippen LogP contribution in [0.15, 0.2) is 0 Å². The molecule has 0 saturated carbocycles. The highest BCUT2D eigenvalue weighted by atomic mass is 79.9. The number of carbonyl (C=O) groups is 1. The fourth-order valence-electron chi connectivity index (χ4n) is 1.45. The highest BCUT2D eigenvalue weighted by molar-refractivity contribution is 9.09. The Kier molecular flexibility index (Phi) is 12.0. The first-order valence-electron chi connectivity index (χ1n) is 6.12. The second-order valence-electron chi connectivity index (χ2n) is 3.97. The van der Waals surface area contributed by atoms with Gasteiger partial charge in [-0.2, -0.15) is 11.8 Å². The molecule has 1 unspecified atom stereocenters. The summed E-state index contributed by atoms with van der Waals surface area (Å²) < 4.78 is 0. The molecule has 0 aliphatic carbocycles. The van der Waals surface area contributed by atoms with Gasteiger partial charge in [-0.25, -0.2) is 0 Å². The van der Waals surface area contributed by atoms with Gasteiger partial charge in [0.2, 0.25) is 5.91 Å². The average molecular weight is 310 g/mol. The predicted molar refractivity (Wildman–Crippen MR) is 77.5 cm³/mol. The van der Waals surface area contributed by atoms with E-state index in [4.69, 9.17) is 0 Å². The van der Waals surface area contributed by atoms with Crippen molar-refractivity contribution in [1.82, 2.24) is 5.32 Å². The molecule has 0 bridgehead atoms. The molecule has 96 valence electrons. The minimum atomic E-state index is 0.0843. The summed E-state index contributed by atoms with van der Waals surface area (Å²) in [5, 5.41) is 4.62. The molecule has 1 amide bonds. The van der Waals surface area contributed by atoms with E-state index in [0.29, 0.717) is 5.25 Å². The zero-order valence-electron chi connectivity index (χ0n) is 10.4. The fourth-order valence-corrected chi connectivity index (χ4v) is 3.15. The summed E-state index contributed by atoms with van der Waals surface area (Å²) in [6, 6.07) is 0. The normalized spacial score (nSPS) is 12.4. The lowest BCUT2D eigenvalue weighted by Gasteiger charge is -2.15. The van der Waals surface area contributed by atoms with E-state index in [1.165, 1.54) is 37.9 Å². The summed E-state index contributed by atoms with van der Waals surface area (Å²) in [5.74, 6) is 1.30. The number of hydrogen-bond acceptors (Lipinski definition) is 2. The van der Waals surface area contributed by atoms with Gasteiger partial charge in [0.05, 0.1) is 0 Å². The Morgan fingerprint density at radius 3 is 2.69 bits per heavy atom. The number of thioether (sulfide) groups is 1. The fraction of sp³-hybridized carbons (Fsp3) is 0.917. The molecule has 1 N–H and O–H groups in total. The molecule has 0 saturated heterocycles. The van der Waals surface area contributed by atoms with Gasteiger partial charge in [0.15, 0.2) is 0 Å². The van der Waals surface area contributed by atoms with Gasteiger partial charge >= 0.3 is 0 Å². The van der Waals surface area contributed by atoms with Crippen molar-refractivity contribution in [3.63, 3.8) is 0 Å². The number of alkyl halides is 1. The molecule has 0 fully saturated rings. The Morgan fingerprint density at radius 1 is 1.38 bits per heavy atom. The Bertz CT molecular complexity index is 178. The molecule has 0 aromatic carbocycles. The summed E-state index contributed by atoms with van der Waals surface area (Å²) in [7, 11) is 0. The van der Waals surface area contributed by atoms with E-state index in [0.717, 1.165) is 11.9 Å². The molecule has 0 radical (unpaired) electrons. The molecule has 0 aromatic heterocycles. The van der Waals surface area contributed by atoms with Crippen LogP contribution in [0, 0.1) is 0 Å². The summed E-state index contributed by atoms with van der Waals surface area (Å²) >= 11 is 5.45. The maximum absolute atomic E-state index is 10.8. The molecule has 0 spiro atoms. The van der Waals surface area contributed by atoms with Gasteiger partial charge in [-0.3, -0.25) is 4.79 Å². The van der Waals surface area contributed by atoms with Gasteiger partial charge in [-0.15, -0.1) is 0 Å². The topological polar surface area (TPSA) is 29.1 Å². The van der Waals surface area contributed by atoms with E-state index in [1.807, 2.05) is 11.8 Å². The second-order valence-corrected chi connectivity index (χ2v) is 6.17. The Labute approximate surface area is 112 Å². The molecule has 0 aromatic rings. The van der Waals surface area contributed by atoms with Gasteiger partial charge < -0.3 is 5.32 Å². The van der Waals surface area contributed by atoms with Crippen molar-refractivity contribution >= 4 is 33.6 Å². The lowest BCUT2D eigenvalue weighted by Crippen LogP contribution is -2.28. The van der Waals surface area contributed by atoms with Crippen LogP contribution in [0.5, 0.6) is 0 Å². The minimum Gasteiger partial charge on any atom is -0.355 e. The number of halogens is 1. The quantitative estimate of drug-likeness (QED) is 0.493. The minimum absolute atomic E-state index is 0.0843. The van der Waals surface area contributed by atoms with E-state index in [9.17, 15) is 4.79 Å². The summed E-state index contributed by atoms with van der Waals surface area (Å²) in [6.07, 6.45) is 6.25. The summed E-state index contributed by atoms with van der Waals surface area (Å²) in [6.45, 7) is 4.61. The van der Waals surface area contributed by atoms with Crippen molar-refractivity contribution in [2.24, 2.45) is 0 Å². The van der Waals surface area contributed by atoms with Crippen molar-refractivity contribution in [2.75, 3.05) is 17.6 Å². The SMILES string of the molecule is CCCC(CNC(C)=O)SCCCCCBr. The van der Waals surface area contributed by atoms with Crippen LogP contribution in [0.4, 0.5) is 0 Å². The molecule has 1 atom stereocenters. The predicted octanol–water partition coefficient (Wildman–Crippen LogP) is 3.59. The van der Waals surface area contributed by atoms with Crippen LogP contribution in [0.3, 0.4) is 0 Å². The number of amides is 1. The van der Waals surface area contributed by atoms with E-state index in [-0.39, 0.29) is 5.91 Å². The van der Waals surface area contributed by atoms with Gasteiger partial charge in [0.25, 0.3) is 0 Å². The number of nitrogens with one attached hydrogen (secondary N) is 1. The molecule has 0 aliphatic heterocycles. The molecular formula is C12H24BrNOS. The third-order valence-corrected chi connectivity index (χ3v) is 4.28. The van der Waals surface area contributed by atoms with E-state index in [2.05, 4.69) is 28.2 Å². The van der Waals surface area contributed by atoms with Crippen molar-refractivity contribution in [3.8, 4) is 0 Å². The number of hydrogen-bond donors (Lipinski definition) is 1. The van der Waals surface area contributed by atoms with Gasteiger partial charge in [0.1, 0.15) is 0 Å². The lowest BCUT2D eigenvalue weighted by molar-refractivity contribution is -0.118. The largest absolute Gasteiger partial charge is 0.355 e. The Balaban J connectivity index is 3.55. The first kappa shape index (κ1) is 16.3. The molecule has 16 heavy (non-hydrogen) atoms. The van der Waals surface area contributed by atoms with Crippen molar-refractivity contribution in [1.29, 1.82) is 0 Å². The number of carbonyl (C=O) groups excluding carboxylic acids is 1. The van der Waals surface area contributed by atoms with E-state index >= 15 is 0 Å². The van der Waals surface area contributed by atoms with Crippen LogP contribution < -0.4 is 5.32 Å². The van der Waals surface area contributed by atoms with Gasteiger partial charge in [-0.1, -0.05) is 35.7 Å². The summed E-state index contributed by atoms with van der Waals surface area (Å²) in [4.78, 5) is 10.8. The van der Waals surface area contributed by atoms with Crippen LogP contribution in [-0.4, -0.2) is 28.8 Å². The molecule has 4 heteroatoms. The molecule has 0 aliphatic rings. The van der Waals surface area contributed by atoms with E-state index < -0.39 is 0 Å².